The van der Waals surface area contributed by atoms with E-state index in [-0.39, 0.29) is 0 Å². The van der Waals surface area contributed by atoms with Crippen LogP contribution in [0.15, 0.2) is 16.9 Å². The maximum absolute atomic E-state index is 5.21. The number of rotatable bonds is 2. The Balaban J connectivity index is 1.87. The quantitative estimate of drug-likeness (QED) is 0.747. The Morgan fingerprint density at radius 1 is 1.47 bits per heavy atom. The summed E-state index contributed by atoms with van der Waals surface area (Å²) in [4.78, 5) is 11.3. The Morgan fingerprint density at radius 3 is 3.20 bits per heavy atom. The van der Waals surface area contributed by atoms with E-state index in [9.17, 15) is 0 Å². The van der Waals surface area contributed by atoms with E-state index >= 15 is 0 Å². The number of aromatic nitrogens is 4. The molecule has 6 heteroatoms. The van der Waals surface area contributed by atoms with Crippen LogP contribution in [0.2, 0.25) is 0 Å². The van der Waals surface area contributed by atoms with Gasteiger partial charge >= 0.3 is 0 Å². The van der Waals surface area contributed by atoms with Crippen molar-refractivity contribution in [1.82, 2.24) is 25.4 Å². The highest BCUT2D eigenvalue weighted by Gasteiger charge is 2.23. The first kappa shape index (κ1) is 8.60. The Kier molecular flexibility index (Phi) is 1.99. The molecule has 0 aliphatic carbocycles. The Morgan fingerprint density at radius 2 is 2.47 bits per heavy atom. The van der Waals surface area contributed by atoms with Crippen molar-refractivity contribution >= 4 is 0 Å². The van der Waals surface area contributed by atoms with Gasteiger partial charge in [-0.15, -0.1) is 0 Å². The van der Waals surface area contributed by atoms with Crippen LogP contribution in [0.3, 0.4) is 0 Å². The number of nitrogens with zero attached hydrogens (tertiary/aromatic N) is 3. The van der Waals surface area contributed by atoms with E-state index in [1.807, 2.05) is 0 Å². The van der Waals surface area contributed by atoms with Crippen LogP contribution in [0.4, 0.5) is 0 Å². The molecule has 15 heavy (non-hydrogen) atoms. The van der Waals surface area contributed by atoms with Crippen molar-refractivity contribution in [2.24, 2.45) is 0 Å². The van der Waals surface area contributed by atoms with Gasteiger partial charge in [-0.05, 0) is 13.0 Å². The maximum Gasteiger partial charge on any atom is 0.238 e. The average molecular weight is 205 g/mol. The van der Waals surface area contributed by atoms with Crippen LogP contribution in [0.25, 0.3) is 11.6 Å². The lowest BCUT2D eigenvalue weighted by molar-refractivity contribution is 0.359. The molecule has 0 bridgehead atoms. The number of aromatic amines is 1. The molecule has 3 rings (SSSR count). The predicted molar refractivity (Wildman–Crippen MR) is 52.1 cm³/mol. The van der Waals surface area contributed by atoms with E-state index in [4.69, 9.17) is 4.52 Å². The summed E-state index contributed by atoms with van der Waals surface area (Å²) in [7, 11) is 0. The highest BCUT2D eigenvalue weighted by Crippen LogP contribution is 2.22. The summed E-state index contributed by atoms with van der Waals surface area (Å²) in [5.74, 6) is 2.23. The van der Waals surface area contributed by atoms with E-state index in [1.165, 1.54) is 0 Å². The lowest BCUT2D eigenvalue weighted by Gasteiger charge is -1.98. The Labute approximate surface area is 86.1 Å². The summed E-state index contributed by atoms with van der Waals surface area (Å²) in [6, 6.07) is 0. The normalized spacial score (nSPS) is 20.9. The lowest BCUT2D eigenvalue weighted by atomic mass is 10.1. The lowest BCUT2D eigenvalue weighted by Crippen LogP contribution is -2.08. The van der Waals surface area contributed by atoms with Crippen molar-refractivity contribution in [3.05, 3.63) is 18.3 Å². The van der Waals surface area contributed by atoms with Crippen LogP contribution >= 0.6 is 0 Å². The smallest absolute Gasteiger partial charge is 0.238 e. The van der Waals surface area contributed by atoms with Crippen LogP contribution < -0.4 is 5.32 Å². The van der Waals surface area contributed by atoms with E-state index in [0.717, 1.165) is 19.5 Å². The van der Waals surface area contributed by atoms with Crippen LogP contribution in [-0.4, -0.2) is 33.2 Å². The van der Waals surface area contributed by atoms with E-state index in [1.54, 1.807) is 12.4 Å². The molecule has 2 N–H and O–H groups in total. The van der Waals surface area contributed by atoms with Gasteiger partial charge in [-0.3, -0.25) is 0 Å². The minimum absolute atomic E-state index is 0.348. The molecule has 1 aliphatic rings. The van der Waals surface area contributed by atoms with Crippen molar-refractivity contribution in [2.75, 3.05) is 13.1 Å². The number of nitrogens with one attached hydrogen (secondary N) is 2. The summed E-state index contributed by atoms with van der Waals surface area (Å²) < 4.78 is 5.21. The highest BCUT2D eigenvalue weighted by molar-refractivity contribution is 5.40. The molecule has 0 radical (unpaired) electrons. The van der Waals surface area contributed by atoms with Gasteiger partial charge in [-0.2, -0.15) is 4.98 Å². The molecule has 1 atom stereocenters. The molecule has 3 heterocycles. The van der Waals surface area contributed by atoms with Crippen molar-refractivity contribution in [3.8, 4) is 11.6 Å². The SMILES string of the molecule is c1c[nH]c(-c2noc(C3CCNC3)n2)n1. The maximum atomic E-state index is 5.21. The molecule has 0 saturated carbocycles. The zero-order chi connectivity index (χ0) is 10.1. The highest BCUT2D eigenvalue weighted by atomic mass is 16.5. The van der Waals surface area contributed by atoms with Gasteiger partial charge in [0.2, 0.25) is 11.7 Å². The summed E-state index contributed by atoms with van der Waals surface area (Å²) >= 11 is 0. The van der Waals surface area contributed by atoms with E-state index < -0.39 is 0 Å². The zero-order valence-corrected chi connectivity index (χ0v) is 8.10. The van der Waals surface area contributed by atoms with Crippen molar-refractivity contribution in [2.45, 2.75) is 12.3 Å². The molecule has 1 saturated heterocycles. The standard InChI is InChI=1S/C9H11N5O/c1-2-10-5-6(1)9-13-8(14-15-9)7-11-3-4-12-7/h3-4,6,10H,1-2,5H2,(H,11,12). The molecule has 1 fully saturated rings. The number of hydrogen-bond donors (Lipinski definition) is 2. The molecule has 78 valence electrons. The molecular weight excluding hydrogens is 194 g/mol. The van der Waals surface area contributed by atoms with E-state index in [0.29, 0.717) is 23.5 Å². The van der Waals surface area contributed by atoms with Crippen molar-refractivity contribution in [3.63, 3.8) is 0 Å². The number of H-pyrrole nitrogens is 1. The molecule has 1 aliphatic heterocycles. The largest absolute Gasteiger partial charge is 0.342 e. The van der Waals surface area contributed by atoms with Crippen LogP contribution in [-0.2, 0) is 0 Å². The Bertz CT molecular complexity index is 429. The zero-order valence-electron chi connectivity index (χ0n) is 8.10. The first-order valence-electron chi connectivity index (χ1n) is 4.97. The summed E-state index contributed by atoms with van der Waals surface area (Å²) in [6.07, 6.45) is 4.46. The van der Waals surface area contributed by atoms with Crippen LogP contribution in [0.5, 0.6) is 0 Å². The molecule has 0 spiro atoms. The van der Waals surface area contributed by atoms with Gasteiger partial charge in [0.05, 0.1) is 5.92 Å². The summed E-state index contributed by atoms with van der Waals surface area (Å²) in [5.41, 5.74) is 0. The molecule has 6 nitrogen and oxygen atoms in total. The third-order valence-electron chi connectivity index (χ3n) is 2.56. The molecule has 0 aromatic carbocycles. The van der Waals surface area contributed by atoms with Gasteiger partial charge in [-0.1, -0.05) is 5.16 Å². The third kappa shape index (κ3) is 1.52. The summed E-state index contributed by atoms with van der Waals surface area (Å²) in [5, 5.41) is 7.16. The average Bonchev–Trinajstić information content (AvgIpc) is 3.02. The van der Waals surface area contributed by atoms with Gasteiger partial charge in [0.25, 0.3) is 0 Å². The summed E-state index contributed by atoms with van der Waals surface area (Å²) in [6.45, 7) is 1.93. The van der Waals surface area contributed by atoms with E-state index in [2.05, 4.69) is 25.4 Å². The third-order valence-corrected chi connectivity index (χ3v) is 2.56. The molecule has 0 amide bonds. The number of hydrogen-bond acceptors (Lipinski definition) is 5. The number of imidazole rings is 1. The molecule has 1 unspecified atom stereocenters. The monoisotopic (exact) mass is 205 g/mol. The first-order chi connectivity index (χ1) is 7.43. The van der Waals surface area contributed by atoms with Gasteiger partial charge in [0.15, 0.2) is 5.82 Å². The van der Waals surface area contributed by atoms with Crippen LogP contribution in [0, 0.1) is 0 Å². The fraction of sp³-hybridized carbons (Fsp3) is 0.444. The van der Waals surface area contributed by atoms with Gasteiger partial charge in [-0.25, -0.2) is 4.98 Å². The fourth-order valence-corrected chi connectivity index (χ4v) is 1.75. The minimum atomic E-state index is 0.348. The molecule has 2 aromatic rings. The second-order valence-corrected chi connectivity index (χ2v) is 3.58. The second-order valence-electron chi connectivity index (χ2n) is 3.58. The topological polar surface area (TPSA) is 79.6 Å². The molecule has 2 aromatic heterocycles. The Hall–Kier alpha value is -1.69. The van der Waals surface area contributed by atoms with Crippen molar-refractivity contribution in [1.29, 1.82) is 0 Å². The molecular formula is C9H11N5O. The first-order valence-corrected chi connectivity index (χ1v) is 4.97. The van der Waals surface area contributed by atoms with Crippen LogP contribution in [0.1, 0.15) is 18.2 Å². The minimum Gasteiger partial charge on any atom is -0.342 e. The second kappa shape index (κ2) is 3.47. The van der Waals surface area contributed by atoms with Crippen molar-refractivity contribution < 1.29 is 4.52 Å². The van der Waals surface area contributed by atoms with Gasteiger partial charge in [0, 0.05) is 18.9 Å². The fourth-order valence-electron chi connectivity index (χ4n) is 1.75. The van der Waals surface area contributed by atoms with Gasteiger partial charge in [0.1, 0.15) is 0 Å². The predicted octanol–water partition coefficient (Wildman–Crippen LogP) is 0.537. The van der Waals surface area contributed by atoms with Gasteiger partial charge < -0.3 is 14.8 Å².